The molecule has 252 valence electrons. The van der Waals surface area contributed by atoms with Crippen LogP contribution < -0.4 is 21.7 Å². The number of aromatic nitrogens is 2. The van der Waals surface area contributed by atoms with E-state index in [2.05, 4.69) is 16.0 Å². The number of nitrogens with zero attached hydrogens (tertiary/aromatic N) is 2. The number of amides is 2. The lowest BCUT2D eigenvalue weighted by molar-refractivity contribution is -0.137. The minimum atomic E-state index is -4.46. The molecule has 3 aromatic rings. The van der Waals surface area contributed by atoms with Gasteiger partial charge in [0, 0.05) is 37.3 Å². The van der Waals surface area contributed by atoms with Gasteiger partial charge in [0.15, 0.2) is 0 Å². The molecule has 0 fully saturated rings. The Morgan fingerprint density at radius 2 is 1.94 bits per heavy atom. The van der Waals surface area contributed by atoms with Crippen molar-refractivity contribution in [1.29, 1.82) is 0 Å². The summed E-state index contributed by atoms with van der Waals surface area (Å²) in [6.07, 6.45) is 0.184. The Balaban J connectivity index is 1.34. The number of ether oxygens (including phenoxy) is 2. The molecular formula is C34H41F3N6O4. The van der Waals surface area contributed by atoms with Crippen LogP contribution in [-0.2, 0) is 38.2 Å². The number of rotatable bonds is 14. The molecule has 1 aliphatic carbocycles. The highest BCUT2D eigenvalue weighted by Gasteiger charge is 2.37. The highest BCUT2D eigenvalue weighted by molar-refractivity contribution is 6.00. The van der Waals surface area contributed by atoms with Gasteiger partial charge in [-0.15, -0.1) is 0 Å². The maximum absolute atomic E-state index is 13.7. The van der Waals surface area contributed by atoms with Gasteiger partial charge in [-0.05, 0) is 47.9 Å². The summed E-state index contributed by atoms with van der Waals surface area (Å²) in [4.78, 5) is 31.8. The molecule has 1 aromatic heterocycles. The summed E-state index contributed by atoms with van der Waals surface area (Å²) in [6.45, 7) is 6.98. The first-order valence-corrected chi connectivity index (χ1v) is 15.9. The summed E-state index contributed by atoms with van der Waals surface area (Å²) in [5.41, 5.74) is 8.68. The van der Waals surface area contributed by atoms with Gasteiger partial charge in [0.1, 0.15) is 11.9 Å². The highest BCUT2D eigenvalue weighted by atomic mass is 19.4. The predicted molar refractivity (Wildman–Crippen MR) is 173 cm³/mol. The summed E-state index contributed by atoms with van der Waals surface area (Å²) < 4.78 is 52.3. The SMILES string of the molecule is CC[C@H](C)C1C(=O)Nc2ccc(NCCOCCOCCN)cc2-c2nc3c(n21)C=CC(C(=O)NCc1cccc(C(F)(F)F)c1)C3. The third-order valence-corrected chi connectivity index (χ3v) is 8.44. The van der Waals surface area contributed by atoms with Crippen molar-refractivity contribution in [3.63, 3.8) is 0 Å². The van der Waals surface area contributed by atoms with E-state index in [-0.39, 0.29) is 30.7 Å². The van der Waals surface area contributed by atoms with Crippen LogP contribution in [0.4, 0.5) is 24.5 Å². The largest absolute Gasteiger partial charge is 0.416 e. The average molecular weight is 655 g/mol. The van der Waals surface area contributed by atoms with E-state index in [9.17, 15) is 22.8 Å². The molecule has 0 saturated carbocycles. The number of halogens is 3. The second-order valence-electron chi connectivity index (χ2n) is 11.7. The van der Waals surface area contributed by atoms with Gasteiger partial charge in [-0.1, -0.05) is 38.5 Å². The Hall–Kier alpha value is -4.20. The van der Waals surface area contributed by atoms with Crippen LogP contribution in [-0.4, -0.2) is 60.9 Å². The molecule has 1 aliphatic heterocycles. The van der Waals surface area contributed by atoms with Crippen molar-refractivity contribution in [2.75, 3.05) is 50.2 Å². The third-order valence-electron chi connectivity index (χ3n) is 8.44. The van der Waals surface area contributed by atoms with E-state index in [1.807, 2.05) is 42.7 Å². The Kier molecular flexibility index (Phi) is 11.0. The fraction of sp³-hybridized carbons (Fsp3) is 0.441. The van der Waals surface area contributed by atoms with Crippen LogP contribution in [0.3, 0.4) is 0 Å². The van der Waals surface area contributed by atoms with E-state index in [1.54, 1.807) is 12.1 Å². The topological polar surface area (TPSA) is 133 Å². The third kappa shape index (κ3) is 8.03. The maximum atomic E-state index is 13.7. The summed E-state index contributed by atoms with van der Waals surface area (Å²) in [7, 11) is 0. The van der Waals surface area contributed by atoms with Crippen LogP contribution in [0.5, 0.6) is 0 Å². The number of carbonyl (C=O) groups is 2. The number of carbonyl (C=O) groups excluding carboxylic acids is 2. The standard InChI is InChI=1S/C34H41F3N6O4/c1-3-21(2)30-33(45)42-27-9-8-25(39-12-14-47-16-15-46-13-11-38)19-26(27)31-41-28-18-23(7-10-29(28)43(30)31)32(44)40-20-22-5-4-6-24(17-22)34(35,36)37/h4-10,17,19,21,23,30,39H,3,11-16,18,20,38H2,1-2H3,(H,40,44)(H,42,45)/t21-,23?,30?/m0/s1. The Labute approximate surface area is 271 Å². The Bertz CT molecular complexity index is 1600. The van der Waals surface area contributed by atoms with E-state index in [4.69, 9.17) is 20.2 Å². The van der Waals surface area contributed by atoms with Gasteiger partial charge in [-0.3, -0.25) is 9.59 Å². The number of anilines is 2. The fourth-order valence-electron chi connectivity index (χ4n) is 5.81. The second-order valence-corrected chi connectivity index (χ2v) is 11.7. The van der Waals surface area contributed by atoms with Gasteiger partial charge in [-0.2, -0.15) is 13.2 Å². The first-order valence-electron chi connectivity index (χ1n) is 15.9. The molecule has 10 nitrogen and oxygen atoms in total. The number of alkyl halides is 3. The van der Waals surface area contributed by atoms with E-state index in [0.29, 0.717) is 62.3 Å². The summed E-state index contributed by atoms with van der Waals surface area (Å²) in [5.74, 6) is -0.410. The molecule has 47 heavy (non-hydrogen) atoms. The van der Waals surface area contributed by atoms with Crippen molar-refractivity contribution in [3.8, 4) is 11.4 Å². The number of fused-ring (bicyclic) bond motifs is 5. The molecule has 0 saturated heterocycles. The summed E-state index contributed by atoms with van der Waals surface area (Å²) in [6, 6.07) is 10.1. The zero-order chi connectivity index (χ0) is 33.6. The lowest BCUT2D eigenvalue weighted by Gasteiger charge is -2.25. The van der Waals surface area contributed by atoms with Crippen molar-refractivity contribution in [3.05, 3.63) is 71.1 Å². The first-order chi connectivity index (χ1) is 22.6. The van der Waals surface area contributed by atoms with E-state index in [1.165, 1.54) is 6.07 Å². The van der Waals surface area contributed by atoms with E-state index in [0.717, 1.165) is 35.5 Å². The van der Waals surface area contributed by atoms with Crippen LogP contribution in [0.25, 0.3) is 17.5 Å². The number of nitrogens with two attached hydrogens (primary N) is 1. The fourth-order valence-corrected chi connectivity index (χ4v) is 5.81. The van der Waals surface area contributed by atoms with Crippen molar-refractivity contribution in [1.82, 2.24) is 14.9 Å². The molecule has 2 heterocycles. The molecule has 13 heteroatoms. The molecule has 2 aliphatic rings. The molecule has 5 N–H and O–H groups in total. The van der Waals surface area contributed by atoms with Crippen LogP contribution >= 0.6 is 0 Å². The number of hydrogen-bond donors (Lipinski definition) is 4. The van der Waals surface area contributed by atoms with Crippen LogP contribution in [0.2, 0.25) is 0 Å². The lowest BCUT2D eigenvalue weighted by atomic mass is 9.93. The van der Waals surface area contributed by atoms with Gasteiger partial charge in [0.25, 0.3) is 0 Å². The molecule has 5 rings (SSSR count). The monoisotopic (exact) mass is 654 g/mol. The van der Waals surface area contributed by atoms with Gasteiger partial charge >= 0.3 is 6.18 Å². The average Bonchev–Trinajstić information content (AvgIpc) is 3.37. The number of imidazole rings is 1. The van der Waals surface area contributed by atoms with Crippen LogP contribution in [0, 0.1) is 11.8 Å². The minimum Gasteiger partial charge on any atom is -0.383 e. The second kappa shape index (κ2) is 15.1. The van der Waals surface area contributed by atoms with Crippen molar-refractivity contribution in [2.45, 2.75) is 45.5 Å². The quantitative estimate of drug-likeness (QED) is 0.180. The normalized spacial score (nSPS) is 17.6. The highest BCUT2D eigenvalue weighted by Crippen LogP contribution is 2.41. The van der Waals surface area contributed by atoms with Gasteiger partial charge < -0.3 is 35.7 Å². The molecular weight excluding hydrogens is 613 g/mol. The molecule has 3 atom stereocenters. The molecule has 2 unspecified atom stereocenters. The predicted octanol–water partition coefficient (Wildman–Crippen LogP) is 5.01. The van der Waals surface area contributed by atoms with Crippen molar-refractivity contribution < 1.29 is 32.2 Å². The Morgan fingerprint density at radius 1 is 1.15 bits per heavy atom. The molecule has 0 spiro atoms. The number of hydrogen-bond acceptors (Lipinski definition) is 7. The minimum absolute atomic E-state index is 0.00757. The number of benzene rings is 2. The maximum Gasteiger partial charge on any atom is 0.416 e. The smallest absolute Gasteiger partial charge is 0.383 e. The molecule has 2 amide bonds. The zero-order valence-corrected chi connectivity index (χ0v) is 26.5. The van der Waals surface area contributed by atoms with Gasteiger partial charge in [0.2, 0.25) is 11.8 Å². The summed E-state index contributed by atoms with van der Waals surface area (Å²) in [5, 5.41) is 9.23. The molecule has 0 bridgehead atoms. The molecule has 2 aromatic carbocycles. The molecule has 0 radical (unpaired) electrons. The van der Waals surface area contributed by atoms with Gasteiger partial charge in [0.05, 0.1) is 55.0 Å². The van der Waals surface area contributed by atoms with E-state index < -0.39 is 23.7 Å². The van der Waals surface area contributed by atoms with E-state index >= 15 is 0 Å². The van der Waals surface area contributed by atoms with Crippen molar-refractivity contribution in [2.24, 2.45) is 17.6 Å². The number of nitrogens with one attached hydrogen (secondary N) is 3. The van der Waals surface area contributed by atoms with Gasteiger partial charge in [-0.25, -0.2) is 4.98 Å². The van der Waals surface area contributed by atoms with Crippen LogP contribution in [0.15, 0.2) is 48.5 Å². The summed E-state index contributed by atoms with van der Waals surface area (Å²) >= 11 is 0. The van der Waals surface area contributed by atoms with Crippen molar-refractivity contribution >= 4 is 29.3 Å². The first kappa shape index (κ1) is 34.1. The lowest BCUT2D eigenvalue weighted by Crippen LogP contribution is -2.33. The van der Waals surface area contributed by atoms with Crippen LogP contribution in [0.1, 0.15) is 48.8 Å². The zero-order valence-electron chi connectivity index (χ0n) is 26.5. The Morgan fingerprint density at radius 3 is 2.68 bits per heavy atom.